The minimum absolute atomic E-state index is 0.0435. The van der Waals surface area contributed by atoms with Gasteiger partial charge in [-0.3, -0.25) is 10.8 Å². The average Bonchev–Trinajstić information content (AvgIpc) is 2.44. The number of nitrogens with one attached hydrogen (secondary N) is 2. The van der Waals surface area contributed by atoms with E-state index in [1.54, 1.807) is 6.08 Å². The molecule has 0 saturated carbocycles. The van der Waals surface area contributed by atoms with Crippen LogP contribution < -0.4 is 5.73 Å². The van der Waals surface area contributed by atoms with E-state index >= 15 is 0 Å². The van der Waals surface area contributed by atoms with Crippen LogP contribution in [0.5, 0.6) is 5.75 Å². The Kier molecular flexibility index (Phi) is 6.24. The lowest BCUT2D eigenvalue weighted by Crippen LogP contribution is -2.17. The standard InChI is InChI=1S/C14H23NO.C6H5ClN2/c1-13(2,3)9-7-10(14(4,5)6)12(16)11(15)8-9;7-4-1-2-5(8)6(9)3-4/h7-8,16H,15H2,1-6H3;1-3,8-9H. The van der Waals surface area contributed by atoms with Crippen LogP contribution in [0.15, 0.2) is 35.4 Å². The third kappa shape index (κ3) is 5.75. The summed E-state index contributed by atoms with van der Waals surface area (Å²) >= 11 is 5.51. The summed E-state index contributed by atoms with van der Waals surface area (Å²) < 4.78 is 0. The van der Waals surface area contributed by atoms with Gasteiger partial charge in [-0.1, -0.05) is 59.2 Å². The monoisotopic (exact) mass is 361 g/mol. The second-order valence-corrected chi connectivity index (χ2v) is 8.59. The third-order valence-electron chi connectivity index (χ3n) is 3.80. The molecular formula is C20H28ClN3O. The van der Waals surface area contributed by atoms with Crippen molar-refractivity contribution in [3.63, 3.8) is 0 Å². The number of nitrogen functional groups attached to an aromatic ring is 1. The number of phenolic OH excluding ortho intramolecular Hbond substituents is 1. The van der Waals surface area contributed by atoms with Gasteiger partial charge in [0.15, 0.2) is 0 Å². The summed E-state index contributed by atoms with van der Waals surface area (Å²) in [6.07, 6.45) is 4.55. The van der Waals surface area contributed by atoms with Crippen molar-refractivity contribution in [1.82, 2.24) is 0 Å². The molecule has 0 atom stereocenters. The Morgan fingerprint density at radius 1 is 0.920 bits per heavy atom. The molecule has 1 aliphatic carbocycles. The zero-order valence-corrected chi connectivity index (χ0v) is 16.5. The molecule has 25 heavy (non-hydrogen) atoms. The first-order valence-electron chi connectivity index (χ1n) is 8.09. The van der Waals surface area contributed by atoms with E-state index in [1.165, 1.54) is 12.2 Å². The maximum absolute atomic E-state index is 10.00. The summed E-state index contributed by atoms with van der Waals surface area (Å²) in [7, 11) is 0. The molecule has 136 valence electrons. The molecule has 2 rings (SSSR count). The van der Waals surface area contributed by atoms with Crippen molar-refractivity contribution in [3.05, 3.63) is 46.5 Å². The number of nitrogens with two attached hydrogens (primary N) is 1. The predicted molar refractivity (Wildman–Crippen MR) is 108 cm³/mol. The number of benzene rings is 1. The van der Waals surface area contributed by atoms with Gasteiger partial charge in [0.25, 0.3) is 0 Å². The smallest absolute Gasteiger partial charge is 0.142 e. The predicted octanol–water partition coefficient (Wildman–Crippen LogP) is 5.29. The summed E-state index contributed by atoms with van der Waals surface area (Å²) in [5.41, 5.74) is 8.73. The summed E-state index contributed by atoms with van der Waals surface area (Å²) in [5.74, 6) is 0.223. The lowest BCUT2D eigenvalue weighted by atomic mass is 9.80. The molecule has 0 heterocycles. The van der Waals surface area contributed by atoms with Gasteiger partial charge in [-0.15, -0.1) is 0 Å². The Hall–Kier alpha value is -2.07. The van der Waals surface area contributed by atoms with Crippen molar-refractivity contribution in [1.29, 1.82) is 10.8 Å². The topological polar surface area (TPSA) is 93.9 Å². The summed E-state index contributed by atoms with van der Waals surface area (Å²) in [6, 6.07) is 3.93. The van der Waals surface area contributed by atoms with Crippen molar-refractivity contribution >= 4 is 28.7 Å². The van der Waals surface area contributed by atoms with E-state index < -0.39 is 0 Å². The van der Waals surface area contributed by atoms with E-state index in [2.05, 4.69) is 47.6 Å². The maximum Gasteiger partial charge on any atom is 0.142 e. The van der Waals surface area contributed by atoms with Crippen LogP contribution in [0.4, 0.5) is 5.69 Å². The highest BCUT2D eigenvalue weighted by Gasteiger charge is 2.23. The van der Waals surface area contributed by atoms with E-state index in [0.717, 1.165) is 11.1 Å². The molecule has 5 N–H and O–H groups in total. The second-order valence-electron chi connectivity index (χ2n) is 8.15. The quantitative estimate of drug-likeness (QED) is 0.287. The fourth-order valence-corrected chi connectivity index (χ4v) is 2.35. The minimum atomic E-state index is -0.0978. The molecule has 0 aromatic heterocycles. The Balaban J connectivity index is 0.000000293. The first-order chi connectivity index (χ1) is 11.2. The van der Waals surface area contributed by atoms with Crippen LogP contribution in [0.1, 0.15) is 52.7 Å². The molecule has 0 aliphatic heterocycles. The first kappa shape index (κ1) is 21.0. The summed E-state index contributed by atoms with van der Waals surface area (Å²) in [4.78, 5) is 0. The number of allylic oxidation sites excluding steroid dienone is 4. The van der Waals surface area contributed by atoms with Crippen LogP contribution in [-0.2, 0) is 10.8 Å². The van der Waals surface area contributed by atoms with Gasteiger partial charge in [0.1, 0.15) is 5.75 Å². The van der Waals surface area contributed by atoms with Gasteiger partial charge in [0.2, 0.25) is 0 Å². The molecule has 0 radical (unpaired) electrons. The van der Waals surface area contributed by atoms with Crippen LogP contribution in [0.25, 0.3) is 0 Å². The van der Waals surface area contributed by atoms with Crippen molar-refractivity contribution < 1.29 is 5.11 Å². The van der Waals surface area contributed by atoms with Gasteiger partial charge >= 0.3 is 0 Å². The lowest BCUT2D eigenvalue weighted by Gasteiger charge is -2.26. The summed E-state index contributed by atoms with van der Waals surface area (Å²) in [6.45, 7) is 12.7. The SMILES string of the molecule is CC(C)(C)c1cc(N)c(O)c(C(C)(C)C)c1.N=C1C=CC(Cl)=CC1=N. The number of aromatic hydroxyl groups is 1. The third-order valence-corrected chi connectivity index (χ3v) is 4.03. The van der Waals surface area contributed by atoms with Crippen LogP contribution >= 0.6 is 11.6 Å². The normalized spacial score (nSPS) is 14.8. The highest BCUT2D eigenvalue weighted by atomic mass is 35.5. The largest absolute Gasteiger partial charge is 0.505 e. The molecule has 1 aliphatic rings. The van der Waals surface area contributed by atoms with Crippen LogP contribution in [0.2, 0.25) is 0 Å². The molecule has 0 saturated heterocycles. The maximum atomic E-state index is 10.00. The molecular weight excluding hydrogens is 334 g/mol. The number of anilines is 1. The first-order valence-corrected chi connectivity index (χ1v) is 8.47. The van der Waals surface area contributed by atoms with Gasteiger partial charge in [0.05, 0.1) is 17.1 Å². The molecule has 1 aromatic carbocycles. The van der Waals surface area contributed by atoms with Crippen LogP contribution in [0.3, 0.4) is 0 Å². The minimum Gasteiger partial charge on any atom is -0.505 e. The highest BCUT2D eigenvalue weighted by molar-refractivity contribution is 6.51. The van der Waals surface area contributed by atoms with Gasteiger partial charge in [0, 0.05) is 10.6 Å². The Morgan fingerprint density at radius 2 is 1.48 bits per heavy atom. The molecule has 0 spiro atoms. The Bertz CT molecular complexity index is 747. The number of hydrogen-bond donors (Lipinski definition) is 4. The van der Waals surface area contributed by atoms with Crippen molar-refractivity contribution in [2.45, 2.75) is 52.4 Å². The van der Waals surface area contributed by atoms with E-state index in [9.17, 15) is 5.11 Å². The van der Waals surface area contributed by atoms with Gasteiger partial charge < -0.3 is 10.8 Å². The van der Waals surface area contributed by atoms with Crippen molar-refractivity contribution in [2.24, 2.45) is 0 Å². The Morgan fingerprint density at radius 3 is 1.88 bits per heavy atom. The molecule has 0 amide bonds. The Labute approximate surface area is 155 Å². The number of phenols is 1. The zero-order valence-electron chi connectivity index (χ0n) is 15.8. The highest BCUT2D eigenvalue weighted by Crippen LogP contribution is 2.38. The molecule has 5 heteroatoms. The lowest BCUT2D eigenvalue weighted by molar-refractivity contribution is 0.447. The molecule has 0 fully saturated rings. The van der Waals surface area contributed by atoms with E-state index in [-0.39, 0.29) is 28.0 Å². The fraction of sp³-hybridized carbons (Fsp3) is 0.400. The average molecular weight is 362 g/mol. The number of halogens is 1. The molecule has 4 nitrogen and oxygen atoms in total. The van der Waals surface area contributed by atoms with E-state index in [0.29, 0.717) is 10.7 Å². The number of hydrogen-bond acceptors (Lipinski definition) is 4. The summed E-state index contributed by atoms with van der Waals surface area (Å²) in [5, 5.41) is 24.7. The fourth-order valence-electron chi connectivity index (χ4n) is 2.18. The van der Waals surface area contributed by atoms with Crippen LogP contribution in [-0.4, -0.2) is 16.5 Å². The van der Waals surface area contributed by atoms with Crippen molar-refractivity contribution in [2.75, 3.05) is 5.73 Å². The number of rotatable bonds is 0. The zero-order chi connectivity index (χ0) is 19.6. The van der Waals surface area contributed by atoms with E-state index in [1.807, 2.05) is 6.07 Å². The second kappa shape index (κ2) is 7.44. The van der Waals surface area contributed by atoms with Gasteiger partial charge in [-0.25, -0.2) is 0 Å². The van der Waals surface area contributed by atoms with Gasteiger partial charge in [-0.2, -0.15) is 0 Å². The molecule has 0 bridgehead atoms. The van der Waals surface area contributed by atoms with Gasteiger partial charge in [-0.05, 0) is 40.7 Å². The molecule has 1 aromatic rings. The van der Waals surface area contributed by atoms with Crippen LogP contribution in [0, 0.1) is 10.8 Å². The van der Waals surface area contributed by atoms with E-state index in [4.69, 9.17) is 28.2 Å². The van der Waals surface area contributed by atoms with Crippen molar-refractivity contribution in [3.8, 4) is 5.75 Å². The molecule has 0 unspecified atom stereocenters.